The van der Waals surface area contributed by atoms with Gasteiger partial charge in [-0.05, 0) is 71.1 Å². The number of nitrogens with zero attached hydrogens (tertiary/aromatic N) is 1. The molecule has 3 amide bonds. The van der Waals surface area contributed by atoms with E-state index in [0.29, 0.717) is 24.4 Å². The first-order valence-electron chi connectivity index (χ1n) is 13.7. The van der Waals surface area contributed by atoms with Gasteiger partial charge in [0, 0.05) is 0 Å². The Morgan fingerprint density at radius 3 is 2.25 bits per heavy atom. The summed E-state index contributed by atoms with van der Waals surface area (Å²) >= 11 is 0. The van der Waals surface area contributed by atoms with E-state index in [2.05, 4.69) is 10.6 Å². The number of esters is 1. The molecule has 2 N–H and O–H groups in total. The van der Waals surface area contributed by atoms with Crippen LogP contribution in [0.15, 0.2) is 46.9 Å². The molecule has 10 nitrogen and oxygen atoms in total. The maximum Gasteiger partial charge on any atom is 0.408 e. The summed E-state index contributed by atoms with van der Waals surface area (Å²) < 4.78 is 16.7. The molecular weight excluding hydrogens is 514 g/mol. The number of hydrogen-bond acceptors (Lipinski definition) is 7. The summed E-state index contributed by atoms with van der Waals surface area (Å²) in [5.41, 5.74) is 0.110. The average molecular weight is 556 g/mol. The van der Waals surface area contributed by atoms with Crippen molar-refractivity contribution in [2.24, 2.45) is 5.92 Å². The van der Waals surface area contributed by atoms with Gasteiger partial charge in [-0.1, -0.05) is 44.2 Å². The van der Waals surface area contributed by atoms with E-state index in [-0.39, 0.29) is 12.5 Å². The molecule has 10 heteroatoms. The second-order valence-electron chi connectivity index (χ2n) is 11.5. The molecule has 1 aromatic heterocycles. The number of amides is 3. The number of likely N-dealkylation sites (tertiary alicyclic amines) is 1. The van der Waals surface area contributed by atoms with Crippen molar-refractivity contribution in [3.63, 3.8) is 0 Å². The third kappa shape index (κ3) is 8.09. The topological polar surface area (TPSA) is 127 Å². The quantitative estimate of drug-likeness (QED) is 0.439. The summed E-state index contributed by atoms with van der Waals surface area (Å²) in [6.45, 7) is 12.2. The Bertz CT molecular complexity index is 1190. The van der Waals surface area contributed by atoms with E-state index in [1.165, 1.54) is 11.8 Å². The molecule has 4 atom stereocenters. The normalized spacial score (nSPS) is 18.6. The van der Waals surface area contributed by atoms with Crippen LogP contribution >= 0.6 is 0 Å². The van der Waals surface area contributed by atoms with Crippen molar-refractivity contribution in [3.05, 3.63) is 59.5 Å². The van der Waals surface area contributed by atoms with Crippen LogP contribution in [0.3, 0.4) is 0 Å². The monoisotopic (exact) mass is 555 g/mol. The third-order valence-electron chi connectivity index (χ3n) is 6.58. The second kappa shape index (κ2) is 13.0. The molecule has 0 aliphatic carbocycles. The van der Waals surface area contributed by atoms with Gasteiger partial charge in [-0.15, -0.1) is 0 Å². The minimum atomic E-state index is -0.962. The molecule has 1 aromatic carbocycles. The molecule has 218 valence electrons. The van der Waals surface area contributed by atoms with E-state index >= 15 is 0 Å². The Balaban J connectivity index is 1.80. The number of furan rings is 1. The fourth-order valence-electron chi connectivity index (χ4n) is 4.59. The van der Waals surface area contributed by atoms with Crippen LogP contribution in [0, 0.1) is 12.8 Å². The van der Waals surface area contributed by atoms with Crippen molar-refractivity contribution in [3.8, 4) is 0 Å². The van der Waals surface area contributed by atoms with Crippen molar-refractivity contribution < 1.29 is 33.1 Å². The number of ether oxygens (including phenoxy) is 2. The van der Waals surface area contributed by atoms with Gasteiger partial charge in [0.2, 0.25) is 11.8 Å². The van der Waals surface area contributed by atoms with Crippen molar-refractivity contribution >= 4 is 23.9 Å². The molecule has 3 rings (SSSR count). The number of rotatable bonds is 9. The highest BCUT2D eigenvalue weighted by atomic mass is 16.6. The molecule has 2 heterocycles. The molecular formula is C30H41N3O7. The number of carbonyl (C=O) groups excluding carboxylic acids is 4. The van der Waals surface area contributed by atoms with Crippen LogP contribution in [-0.4, -0.2) is 52.5 Å². The van der Waals surface area contributed by atoms with Gasteiger partial charge in [-0.25, -0.2) is 9.59 Å². The zero-order valence-electron chi connectivity index (χ0n) is 24.4. The molecule has 0 unspecified atom stereocenters. The van der Waals surface area contributed by atoms with Gasteiger partial charge in [0.05, 0.1) is 6.04 Å². The number of carbonyl (C=O) groups is 4. The molecule has 0 bridgehead atoms. The van der Waals surface area contributed by atoms with E-state index in [1.54, 1.807) is 40.7 Å². The third-order valence-corrected chi connectivity index (χ3v) is 6.58. The fraction of sp³-hybridized carbons (Fsp3) is 0.533. The van der Waals surface area contributed by atoms with Crippen LogP contribution in [0.2, 0.25) is 0 Å². The van der Waals surface area contributed by atoms with Crippen LogP contribution < -0.4 is 10.6 Å². The van der Waals surface area contributed by atoms with Crippen LogP contribution in [0.25, 0.3) is 0 Å². The highest BCUT2D eigenvalue weighted by Gasteiger charge is 2.46. The first-order valence-corrected chi connectivity index (χ1v) is 13.7. The van der Waals surface area contributed by atoms with Crippen LogP contribution in [0.1, 0.15) is 77.5 Å². The summed E-state index contributed by atoms with van der Waals surface area (Å²) in [7, 11) is 0. The minimum absolute atomic E-state index is 0.0843. The number of alkyl carbamates (subject to hydrolysis) is 1. The Morgan fingerprint density at radius 1 is 1.00 bits per heavy atom. The largest absolute Gasteiger partial charge is 0.464 e. The zero-order valence-corrected chi connectivity index (χ0v) is 24.4. The predicted molar refractivity (Wildman–Crippen MR) is 148 cm³/mol. The smallest absolute Gasteiger partial charge is 0.408 e. The predicted octanol–water partition coefficient (Wildman–Crippen LogP) is 4.42. The highest BCUT2D eigenvalue weighted by Crippen LogP contribution is 2.38. The number of nitrogens with one attached hydrogen (secondary N) is 2. The lowest BCUT2D eigenvalue weighted by atomic mass is 10.0. The fourth-order valence-corrected chi connectivity index (χ4v) is 4.59. The second-order valence-corrected chi connectivity index (χ2v) is 11.5. The summed E-state index contributed by atoms with van der Waals surface area (Å²) in [4.78, 5) is 54.1. The Kier molecular flexibility index (Phi) is 10.0. The summed E-state index contributed by atoms with van der Waals surface area (Å²) in [5.74, 6) is -0.550. The lowest BCUT2D eigenvalue weighted by Crippen LogP contribution is -2.57. The average Bonchev–Trinajstić information content (AvgIpc) is 3.50. The van der Waals surface area contributed by atoms with Gasteiger partial charge in [-0.2, -0.15) is 0 Å². The van der Waals surface area contributed by atoms with E-state index in [1.807, 2.05) is 43.3 Å². The van der Waals surface area contributed by atoms with Crippen LogP contribution in [0.5, 0.6) is 0 Å². The van der Waals surface area contributed by atoms with Gasteiger partial charge in [-0.3, -0.25) is 9.59 Å². The molecule has 2 aromatic rings. The zero-order chi connectivity index (χ0) is 29.6. The van der Waals surface area contributed by atoms with Crippen molar-refractivity contribution in [2.45, 2.75) is 97.7 Å². The number of aryl methyl sites for hydroxylation is 1. The molecule has 0 radical (unpaired) electrons. The number of benzene rings is 1. The summed E-state index contributed by atoms with van der Waals surface area (Å²) in [6.07, 6.45) is 0.148. The maximum absolute atomic E-state index is 14.1. The molecule has 1 fully saturated rings. The first kappa shape index (κ1) is 30.7. The Labute approximate surface area is 235 Å². The first-order chi connectivity index (χ1) is 18.8. The van der Waals surface area contributed by atoms with E-state index in [9.17, 15) is 19.2 Å². The van der Waals surface area contributed by atoms with Gasteiger partial charge in [0.15, 0.2) is 0 Å². The molecule has 1 saturated heterocycles. The van der Waals surface area contributed by atoms with Crippen molar-refractivity contribution in [1.82, 2.24) is 15.5 Å². The Morgan fingerprint density at radius 2 is 1.68 bits per heavy atom. The minimum Gasteiger partial charge on any atom is -0.464 e. The van der Waals surface area contributed by atoms with E-state index < -0.39 is 53.6 Å². The van der Waals surface area contributed by atoms with Crippen LogP contribution in [-0.2, 0) is 30.5 Å². The SMILES string of the molecule is Cc1ccc([C@H]2CC[C@@H](C(=O)OCc3ccccc3)N2C(=O)[C@@H](NC(=O)[C@H](C)NC(=O)OC(C)(C)C)C(C)C)o1. The van der Waals surface area contributed by atoms with E-state index in [4.69, 9.17) is 13.9 Å². The van der Waals surface area contributed by atoms with Crippen LogP contribution in [0.4, 0.5) is 4.79 Å². The molecule has 1 aliphatic heterocycles. The lowest BCUT2D eigenvalue weighted by Gasteiger charge is -2.34. The van der Waals surface area contributed by atoms with Gasteiger partial charge in [0.25, 0.3) is 0 Å². The lowest BCUT2D eigenvalue weighted by molar-refractivity contribution is -0.157. The Hall–Kier alpha value is -3.82. The molecule has 0 saturated carbocycles. The van der Waals surface area contributed by atoms with Gasteiger partial charge in [0.1, 0.15) is 41.9 Å². The summed E-state index contributed by atoms with van der Waals surface area (Å²) in [5, 5.41) is 5.27. The van der Waals surface area contributed by atoms with E-state index in [0.717, 1.165) is 5.56 Å². The highest BCUT2D eigenvalue weighted by molar-refractivity contribution is 5.93. The van der Waals surface area contributed by atoms with Gasteiger partial charge < -0.3 is 29.4 Å². The van der Waals surface area contributed by atoms with Gasteiger partial charge >= 0.3 is 12.1 Å². The molecule has 0 spiro atoms. The van der Waals surface area contributed by atoms with Crippen molar-refractivity contribution in [2.75, 3.05) is 0 Å². The molecule has 40 heavy (non-hydrogen) atoms. The summed E-state index contributed by atoms with van der Waals surface area (Å²) in [6, 6.07) is 9.66. The number of hydrogen-bond donors (Lipinski definition) is 2. The van der Waals surface area contributed by atoms with Crippen molar-refractivity contribution in [1.29, 1.82) is 0 Å². The molecule has 1 aliphatic rings. The maximum atomic E-state index is 14.1. The standard InChI is InChI=1S/C30H41N3O7/c1-18(2)25(32-26(34)20(4)31-29(37)40-30(5,6)7)27(35)33-22(24-16-13-19(3)39-24)14-15-23(33)28(36)38-17-21-11-9-8-10-12-21/h8-13,16,18,20,22-23,25H,14-15,17H2,1-7H3,(H,31,37)(H,32,34)/t20-,22+,23-,25-/m0/s1.